The van der Waals surface area contributed by atoms with Gasteiger partial charge >= 0.3 is 0 Å². The minimum Gasteiger partial charge on any atom is -0.390 e. The number of aliphatic hydroxyl groups is 2. The van der Waals surface area contributed by atoms with Crippen LogP contribution in [0.1, 0.15) is 627 Å². The predicted octanol–water partition coefficient (Wildman–Crippen LogP) is 36.6. The van der Waals surface area contributed by atoms with Crippen LogP contribution in [0.3, 0.4) is 0 Å². The lowest BCUT2D eigenvalue weighted by molar-refractivity contribution is -0.545. The molecule has 0 aliphatic rings. The van der Waals surface area contributed by atoms with Crippen LogP contribution in [0.15, 0.2) is 0 Å². The molecule has 0 radical (unpaired) electrons. The number of unbranched alkanes of at least 4 members (excludes halogenated alkanes) is 79. The lowest BCUT2D eigenvalue weighted by Gasteiger charge is -2.60. The summed E-state index contributed by atoms with van der Waals surface area (Å²) in [5, 5.41) is 27.1. The van der Waals surface area contributed by atoms with Crippen LogP contribution in [0.25, 0.3) is 0 Å². The molecule has 0 rings (SSSR count). The summed E-state index contributed by atoms with van der Waals surface area (Å²) in [6.07, 6.45) is 105. The molecular weight excluding hydrogens is 1520 g/mol. The maximum Gasteiger partial charge on any atom is 0.294 e. The highest BCUT2D eigenvalue weighted by Gasteiger charge is 2.72. The van der Waals surface area contributed by atoms with Gasteiger partial charge < -0.3 is 48.1 Å². The SMILES string of the molecule is CCCCCCCCCCCCOC(CO)(OCCCCCCCCCCCC)C(OCCCCCCCCCCCC)(OCCCCCCCCCCCC)N(CCCCCCCCCC)C(OCCCCCCCCCCCC)(OCCCCCCCCCCCC)C(CO)(OCCCCCCCCCCCC)OCCCCCCCCCCCC. The highest BCUT2D eigenvalue weighted by Crippen LogP contribution is 2.49. The molecule has 0 saturated carbocycles. The van der Waals surface area contributed by atoms with E-state index in [-0.39, 0.29) is 0 Å². The fourth-order valence-corrected chi connectivity index (χ4v) is 18.5. The van der Waals surface area contributed by atoms with Crippen molar-refractivity contribution in [3.63, 3.8) is 0 Å². The van der Waals surface area contributed by atoms with Crippen molar-refractivity contribution in [2.45, 2.75) is 651 Å². The van der Waals surface area contributed by atoms with Gasteiger partial charge in [0.25, 0.3) is 23.4 Å². The molecule has 0 aromatic rings. The number of nitrogens with zero attached hydrogens (tertiary/aromatic N) is 1. The average Bonchev–Trinajstić information content (AvgIpc) is 0.708. The van der Waals surface area contributed by atoms with E-state index in [0.29, 0.717) is 59.4 Å². The first-order valence-corrected chi connectivity index (χ1v) is 56.9. The Labute approximate surface area is 772 Å². The van der Waals surface area contributed by atoms with Crippen molar-refractivity contribution in [2.24, 2.45) is 0 Å². The molecule has 0 aromatic heterocycles. The van der Waals surface area contributed by atoms with Crippen molar-refractivity contribution in [3.8, 4) is 0 Å². The van der Waals surface area contributed by atoms with E-state index in [4.69, 9.17) is 37.9 Å². The van der Waals surface area contributed by atoms with Crippen LogP contribution in [0.4, 0.5) is 0 Å². The molecular formula is C112H227NO10. The van der Waals surface area contributed by atoms with E-state index in [1.165, 1.54) is 392 Å². The Kier molecular flexibility index (Phi) is 98.7. The summed E-state index contributed by atoms with van der Waals surface area (Å²) in [5.74, 6) is -7.84. The molecule has 2 N–H and O–H groups in total. The molecule has 123 heavy (non-hydrogen) atoms. The molecule has 0 fully saturated rings. The molecule has 11 heteroatoms. The van der Waals surface area contributed by atoms with Gasteiger partial charge in [-0.2, -0.15) is 4.90 Å². The predicted molar refractivity (Wildman–Crippen MR) is 537 cm³/mol. The molecule has 0 unspecified atom stereocenters. The van der Waals surface area contributed by atoms with Crippen LogP contribution < -0.4 is 0 Å². The minimum absolute atomic E-state index is 0.339. The Morgan fingerprint density at radius 3 is 0.366 bits per heavy atom. The Bertz CT molecular complexity index is 1720. The average molecular weight is 1750 g/mol. The zero-order valence-electron chi connectivity index (χ0n) is 85.6. The van der Waals surface area contributed by atoms with E-state index in [0.717, 1.165) is 173 Å². The molecule has 0 heterocycles. The van der Waals surface area contributed by atoms with Gasteiger partial charge in [0.05, 0.1) is 52.9 Å². The fourth-order valence-electron chi connectivity index (χ4n) is 18.5. The first-order valence-electron chi connectivity index (χ1n) is 56.9. The van der Waals surface area contributed by atoms with Gasteiger partial charge in [0.1, 0.15) is 13.2 Å². The number of aliphatic hydroxyl groups excluding tert-OH is 2. The summed E-state index contributed by atoms with van der Waals surface area (Å²) >= 11 is 0. The van der Waals surface area contributed by atoms with Gasteiger partial charge in [0.15, 0.2) is 0 Å². The van der Waals surface area contributed by atoms with E-state index < -0.39 is 36.6 Å². The number of hydrogen-bond acceptors (Lipinski definition) is 11. The first-order chi connectivity index (χ1) is 60.8. The van der Waals surface area contributed by atoms with Crippen LogP contribution in [0.2, 0.25) is 0 Å². The lowest BCUT2D eigenvalue weighted by Crippen LogP contribution is -2.82. The lowest BCUT2D eigenvalue weighted by atomic mass is 10.0. The van der Waals surface area contributed by atoms with Crippen LogP contribution in [-0.2, 0) is 37.9 Å². The summed E-state index contributed by atoms with van der Waals surface area (Å²) in [4.78, 5) is 2.26. The molecule has 0 spiro atoms. The maximum atomic E-state index is 13.5. The van der Waals surface area contributed by atoms with Crippen molar-refractivity contribution >= 4 is 0 Å². The van der Waals surface area contributed by atoms with Crippen LogP contribution in [0, 0.1) is 0 Å². The van der Waals surface area contributed by atoms with Gasteiger partial charge in [0.2, 0.25) is 0 Å². The molecule has 0 aliphatic heterocycles. The number of ether oxygens (including phenoxy) is 8. The molecule has 740 valence electrons. The molecule has 0 saturated heterocycles. The summed E-state index contributed by atoms with van der Waals surface area (Å²) in [5.41, 5.74) is 0. The Hall–Kier alpha value is -0.440. The molecule has 0 aromatic carbocycles. The monoisotopic (exact) mass is 1750 g/mol. The second-order valence-corrected chi connectivity index (χ2v) is 38.9. The highest BCUT2D eigenvalue weighted by molar-refractivity contribution is 5.01. The topological polar surface area (TPSA) is 118 Å². The van der Waals surface area contributed by atoms with Gasteiger partial charge in [-0.05, 0) is 57.8 Å². The Morgan fingerprint density at radius 2 is 0.244 bits per heavy atom. The second kappa shape index (κ2) is 99.0. The molecule has 0 amide bonds. The normalized spacial score (nSPS) is 12.5. The third-order valence-electron chi connectivity index (χ3n) is 26.8. The minimum atomic E-state index is -2.00. The first kappa shape index (κ1) is 123. The summed E-state index contributed by atoms with van der Waals surface area (Å²) in [6, 6.07) is 0. The van der Waals surface area contributed by atoms with E-state index in [1.54, 1.807) is 0 Å². The second-order valence-electron chi connectivity index (χ2n) is 38.9. The van der Waals surface area contributed by atoms with E-state index in [9.17, 15) is 10.2 Å². The largest absolute Gasteiger partial charge is 0.390 e. The van der Waals surface area contributed by atoms with Crippen molar-refractivity contribution in [1.29, 1.82) is 0 Å². The van der Waals surface area contributed by atoms with E-state index in [2.05, 4.69) is 67.2 Å². The third kappa shape index (κ3) is 70.0. The van der Waals surface area contributed by atoms with Gasteiger partial charge in [-0.1, -0.05) is 570 Å². The molecule has 0 atom stereocenters. The molecule has 11 nitrogen and oxygen atoms in total. The van der Waals surface area contributed by atoms with Crippen molar-refractivity contribution < 1.29 is 48.1 Å². The molecule has 0 aliphatic carbocycles. The zero-order chi connectivity index (χ0) is 89.2. The van der Waals surface area contributed by atoms with Crippen molar-refractivity contribution in [2.75, 3.05) is 72.6 Å². The smallest absolute Gasteiger partial charge is 0.294 e. The maximum absolute atomic E-state index is 13.5. The highest BCUT2D eigenvalue weighted by atomic mass is 16.8. The summed E-state index contributed by atoms with van der Waals surface area (Å²) < 4.78 is 64.5. The summed E-state index contributed by atoms with van der Waals surface area (Å²) in [6.45, 7) is 23.0. The standard InChI is InChI=1S/C112H227NO10/c1-10-19-28-37-46-55-63-72-81-90-99-116-109(107-114,117-100-91-82-73-64-56-47-38-29-20-11-2)111(120-103-94-85-76-67-59-50-41-32-23-14-5,121-104-95-86-77-68-60-51-42-33-24-15-6)113(98-89-80-71-54-45-36-27-18-9)112(122-105-96-87-78-69-61-52-43-34-25-16-7,123-106-97-88-79-70-62-53-44-35-26-17-8)110(108-115,118-101-92-83-74-65-57-48-39-30-21-12-3)119-102-93-84-75-66-58-49-40-31-22-13-4/h114-115H,10-108H2,1-9H3. The van der Waals surface area contributed by atoms with Crippen molar-refractivity contribution in [3.05, 3.63) is 0 Å². The Morgan fingerprint density at radius 1 is 0.138 bits per heavy atom. The van der Waals surface area contributed by atoms with Crippen LogP contribution in [0.5, 0.6) is 0 Å². The Balaban J connectivity index is 9.81. The number of hydrogen-bond donors (Lipinski definition) is 2. The van der Waals surface area contributed by atoms with E-state index in [1.807, 2.05) is 0 Å². The van der Waals surface area contributed by atoms with Crippen LogP contribution in [-0.4, -0.2) is 111 Å². The fraction of sp³-hybridized carbons (Fsp3) is 1.00. The quantitative estimate of drug-likeness (QED) is 0.0448. The van der Waals surface area contributed by atoms with Crippen LogP contribution >= 0.6 is 0 Å². The van der Waals surface area contributed by atoms with Gasteiger partial charge in [-0.15, -0.1) is 0 Å². The van der Waals surface area contributed by atoms with Gasteiger partial charge in [-0.3, -0.25) is 0 Å². The van der Waals surface area contributed by atoms with Crippen molar-refractivity contribution in [1.82, 2.24) is 4.90 Å². The van der Waals surface area contributed by atoms with E-state index >= 15 is 0 Å². The third-order valence-corrected chi connectivity index (χ3v) is 26.8. The molecule has 0 bridgehead atoms. The summed E-state index contributed by atoms with van der Waals surface area (Å²) in [7, 11) is 0. The van der Waals surface area contributed by atoms with Gasteiger partial charge in [0, 0.05) is 6.54 Å². The van der Waals surface area contributed by atoms with Gasteiger partial charge in [-0.25, -0.2) is 0 Å². The number of rotatable bonds is 111. The zero-order valence-corrected chi connectivity index (χ0v) is 85.6.